The number of amides is 3. The number of hydrogen-bond acceptors (Lipinski definition) is 9. The highest BCUT2D eigenvalue weighted by molar-refractivity contribution is 6.04. The fourth-order valence-corrected chi connectivity index (χ4v) is 7.75. The number of esters is 1. The molecule has 0 spiro atoms. The lowest BCUT2D eigenvalue weighted by Gasteiger charge is -2.46. The third kappa shape index (κ3) is 9.16. The summed E-state index contributed by atoms with van der Waals surface area (Å²) >= 11 is 0. The van der Waals surface area contributed by atoms with E-state index in [0.29, 0.717) is 100 Å². The first-order valence-corrected chi connectivity index (χ1v) is 19.3. The van der Waals surface area contributed by atoms with Gasteiger partial charge in [0, 0.05) is 58.4 Å². The Labute approximate surface area is 334 Å². The summed E-state index contributed by atoms with van der Waals surface area (Å²) in [6, 6.07) is 25.5. The highest BCUT2D eigenvalue weighted by Crippen LogP contribution is 2.47. The number of nitrogens with zero attached hydrogens (tertiary/aromatic N) is 4. The number of urea groups is 1. The van der Waals surface area contributed by atoms with Crippen molar-refractivity contribution in [3.63, 3.8) is 0 Å². The normalized spacial score (nSPS) is 15.7. The monoisotopic (exact) mass is 781 g/mol. The van der Waals surface area contributed by atoms with Crippen LogP contribution in [0, 0.1) is 5.82 Å². The number of benzene rings is 4. The van der Waals surface area contributed by atoms with Crippen LogP contribution >= 0.6 is 0 Å². The zero-order valence-electron chi connectivity index (χ0n) is 33.4. The van der Waals surface area contributed by atoms with Crippen molar-refractivity contribution in [1.29, 1.82) is 0 Å². The van der Waals surface area contributed by atoms with Gasteiger partial charge < -0.3 is 29.2 Å². The number of hydrazine groups is 1. The molecule has 0 atom stereocenters. The largest absolute Gasteiger partial charge is 0.493 e. The van der Waals surface area contributed by atoms with Crippen molar-refractivity contribution in [1.82, 2.24) is 25.1 Å². The minimum absolute atomic E-state index is 0.130. The molecule has 2 saturated heterocycles. The van der Waals surface area contributed by atoms with Crippen LogP contribution in [0.25, 0.3) is 22.3 Å². The summed E-state index contributed by atoms with van der Waals surface area (Å²) in [6.45, 7) is 6.20. The van der Waals surface area contributed by atoms with Crippen LogP contribution in [0.4, 0.5) is 9.18 Å². The van der Waals surface area contributed by atoms with Crippen LogP contribution in [0.5, 0.6) is 17.2 Å². The molecule has 57 heavy (non-hydrogen) atoms. The number of carbonyl (C=O) groups excluding carboxylic acids is 3. The lowest BCUT2D eigenvalue weighted by atomic mass is 9.81. The van der Waals surface area contributed by atoms with Crippen LogP contribution in [0.3, 0.4) is 0 Å². The predicted molar refractivity (Wildman–Crippen MR) is 216 cm³/mol. The molecule has 13 heteroatoms. The minimum atomic E-state index is -0.649. The summed E-state index contributed by atoms with van der Waals surface area (Å²) in [5, 5.41) is 7.04. The molecule has 1 N–H and O–H groups in total. The fraction of sp³-hybridized carbons (Fsp3) is 0.386. The molecule has 0 saturated carbocycles. The molecular formula is C44H52FN5O7. The first-order chi connectivity index (χ1) is 27.6. The highest BCUT2D eigenvalue weighted by atomic mass is 19.1. The van der Waals surface area contributed by atoms with Crippen molar-refractivity contribution in [2.75, 3.05) is 80.8 Å². The standard InChI is InChI=1S/C44H52FN5O7/c1-6-57-38(51)20-23-48-26-28-49(29-27-48)43(53)46-44(34-10-8-7-9-11-34)21-24-50(25-22-44)47(2)42(52)36-30-37(54-3)40(55-4)41(56-5)39(36)33-14-12-31(13-15-33)32-16-18-35(45)19-17-32/h7-19,30H,6,20-29H2,1-5H3,(H,46,53). The molecule has 0 aromatic heterocycles. The molecule has 4 aromatic carbocycles. The second-order valence-electron chi connectivity index (χ2n) is 14.2. The Hall–Kier alpha value is -5.66. The zero-order valence-corrected chi connectivity index (χ0v) is 33.4. The van der Waals surface area contributed by atoms with Crippen molar-refractivity contribution in [2.45, 2.75) is 31.7 Å². The number of piperazine rings is 1. The van der Waals surface area contributed by atoms with E-state index in [2.05, 4.69) is 10.2 Å². The Bertz CT molecular complexity index is 2000. The van der Waals surface area contributed by atoms with Gasteiger partial charge in [-0.3, -0.25) is 19.5 Å². The summed E-state index contributed by atoms with van der Waals surface area (Å²) < 4.78 is 36.0. The molecule has 0 radical (unpaired) electrons. The number of halogens is 1. The molecule has 6 rings (SSSR count). The number of ether oxygens (including phenoxy) is 4. The Kier molecular flexibility index (Phi) is 13.3. The summed E-state index contributed by atoms with van der Waals surface area (Å²) in [4.78, 5) is 44.4. The summed E-state index contributed by atoms with van der Waals surface area (Å²) in [7, 11) is 6.32. The first-order valence-electron chi connectivity index (χ1n) is 19.3. The second-order valence-corrected chi connectivity index (χ2v) is 14.2. The molecule has 302 valence electrons. The molecule has 12 nitrogen and oxygen atoms in total. The van der Waals surface area contributed by atoms with Crippen molar-refractivity contribution < 1.29 is 37.7 Å². The van der Waals surface area contributed by atoms with Gasteiger partial charge in [0.25, 0.3) is 5.91 Å². The average molecular weight is 782 g/mol. The zero-order chi connectivity index (χ0) is 40.5. The van der Waals surface area contributed by atoms with Crippen LogP contribution in [0.2, 0.25) is 0 Å². The van der Waals surface area contributed by atoms with E-state index in [9.17, 15) is 18.8 Å². The van der Waals surface area contributed by atoms with E-state index in [1.165, 1.54) is 33.5 Å². The molecule has 0 aliphatic carbocycles. The van der Waals surface area contributed by atoms with Gasteiger partial charge in [0.2, 0.25) is 5.75 Å². The Balaban J connectivity index is 1.21. The topological polar surface area (TPSA) is 113 Å². The fourth-order valence-electron chi connectivity index (χ4n) is 7.75. The number of hydrogen-bond donors (Lipinski definition) is 1. The summed E-state index contributed by atoms with van der Waals surface area (Å²) in [6.07, 6.45) is 1.46. The molecular weight excluding hydrogens is 730 g/mol. The quantitative estimate of drug-likeness (QED) is 0.153. The third-order valence-electron chi connectivity index (χ3n) is 11.0. The molecule has 0 bridgehead atoms. The SMILES string of the molecule is CCOC(=O)CCN1CCN(C(=O)NC2(c3ccccc3)CCN(N(C)C(=O)c3cc(OC)c(OC)c(OC)c3-c3ccc(-c4ccc(F)cc4)cc3)CC2)CC1. The summed E-state index contributed by atoms with van der Waals surface area (Å²) in [5.74, 6) is 0.270. The number of methoxy groups -OCH3 is 3. The van der Waals surface area contributed by atoms with Crippen LogP contribution in [0.1, 0.15) is 42.1 Å². The predicted octanol–water partition coefficient (Wildman–Crippen LogP) is 6.44. The number of carbonyl (C=O) groups is 3. The van der Waals surface area contributed by atoms with E-state index in [4.69, 9.17) is 18.9 Å². The smallest absolute Gasteiger partial charge is 0.318 e. The molecule has 3 amide bonds. The molecule has 4 aromatic rings. The van der Waals surface area contributed by atoms with E-state index in [-0.39, 0.29) is 23.7 Å². The van der Waals surface area contributed by atoms with E-state index in [1.807, 2.05) is 64.5 Å². The molecule has 2 heterocycles. The van der Waals surface area contributed by atoms with E-state index >= 15 is 0 Å². The van der Waals surface area contributed by atoms with Gasteiger partial charge in [0.1, 0.15) is 5.82 Å². The Morgan fingerprint density at radius 3 is 1.95 bits per heavy atom. The maximum atomic E-state index is 14.6. The number of nitrogens with one attached hydrogen (secondary N) is 1. The Morgan fingerprint density at radius 2 is 1.37 bits per heavy atom. The van der Waals surface area contributed by atoms with Crippen molar-refractivity contribution >= 4 is 17.9 Å². The van der Waals surface area contributed by atoms with E-state index in [0.717, 1.165) is 22.3 Å². The van der Waals surface area contributed by atoms with Gasteiger partial charge in [0.05, 0.1) is 45.5 Å². The maximum Gasteiger partial charge on any atom is 0.318 e. The van der Waals surface area contributed by atoms with Crippen LogP contribution in [-0.2, 0) is 15.1 Å². The van der Waals surface area contributed by atoms with E-state index < -0.39 is 5.54 Å². The third-order valence-corrected chi connectivity index (χ3v) is 11.0. The molecule has 2 fully saturated rings. The second kappa shape index (κ2) is 18.5. The van der Waals surface area contributed by atoms with Crippen molar-refractivity contribution in [3.05, 3.63) is 102 Å². The molecule has 0 unspecified atom stereocenters. The van der Waals surface area contributed by atoms with E-state index in [1.54, 1.807) is 37.2 Å². The molecule has 2 aliphatic heterocycles. The van der Waals surface area contributed by atoms with Gasteiger partial charge in [-0.1, -0.05) is 66.7 Å². The van der Waals surface area contributed by atoms with Crippen LogP contribution in [-0.4, -0.2) is 119 Å². The van der Waals surface area contributed by atoms with Gasteiger partial charge in [-0.15, -0.1) is 0 Å². The van der Waals surface area contributed by atoms with Gasteiger partial charge in [0.15, 0.2) is 11.5 Å². The van der Waals surface area contributed by atoms with Gasteiger partial charge in [-0.2, -0.15) is 0 Å². The summed E-state index contributed by atoms with van der Waals surface area (Å²) in [5.41, 5.74) is 3.73. The van der Waals surface area contributed by atoms with Crippen molar-refractivity contribution in [2.24, 2.45) is 0 Å². The number of piperidine rings is 1. The lowest BCUT2D eigenvalue weighted by Crippen LogP contribution is -2.60. The molecule has 2 aliphatic rings. The van der Waals surface area contributed by atoms with Gasteiger partial charge in [-0.05, 0) is 60.2 Å². The van der Waals surface area contributed by atoms with Crippen LogP contribution in [0.15, 0.2) is 84.9 Å². The van der Waals surface area contributed by atoms with Crippen molar-refractivity contribution in [3.8, 4) is 39.5 Å². The van der Waals surface area contributed by atoms with Gasteiger partial charge in [-0.25, -0.2) is 14.2 Å². The highest BCUT2D eigenvalue weighted by Gasteiger charge is 2.41. The average Bonchev–Trinajstić information content (AvgIpc) is 3.25. The maximum absolute atomic E-state index is 14.6. The number of rotatable bonds is 13. The minimum Gasteiger partial charge on any atom is -0.493 e. The first kappa shape index (κ1) is 41.0. The Morgan fingerprint density at radius 1 is 0.772 bits per heavy atom. The van der Waals surface area contributed by atoms with Crippen LogP contribution < -0.4 is 19.5 Å². The lowest BCUT2D eigenvalue weighted by molar-refractivity contribution is -0.143. The van der Waals surface area contributed by atoms with Gasteiger partial charge >= 0.3 is 12.0 Å².